The molecule has 3 heteroatoms. The normalized spacial score (nSPS) is 20.9. The van der Waals surface area contributed by atoms with Gasteiger partial charge in [-0.25, -0.2) is 0 Å². The molecule has 1 N–H and O–H groups in total. The molecule has 108 valence electrons. The lowest BCUT2D eigenvalue weighted by molar-refractivity contribution is -0.970. The summed E-state index contributed by atoms with van der Waals surface area (Å²) >= 11 is 0. The highest BCUT2D eigenvalue weighted by molar-refractivity contribution is 5.73. The number of carbonyl (C=O) groups excluding carboxylic acids is 1. The molecule has 0 aliphatic carbocycles. The van der Waals surface area contributed by atoms with Crippen LogP contribution in [0.3, 0.4) is 0 Å². The summed E-state index contributed by atoms with van der Waals surface area (Å²) in [7, 11) is 1.46. The lowest BCUT2D eigenvalue weighted by atomic mass is 9.90. The Morgan fingerprint density at radius 1 is 1.00 bits per heavy atom. The summed E-state index contributed by atoms with van der Waals surface area (Å²) in [5.74, 6) is -0.0430. The van der Waals surface area contributed by atoms with Crippen molar-refractivity contribution in [1.29, 1.82) is 0 Å². The van der Waals surface area contributed by atoms with E-state index in [0.717, 1.165) is 13.1 Å². The van der Waals surface area contributed by atoms with Crippen LogP contribution in [0, 0.1) is 5.92 Å². The molecule has 0 atom stereocenters. The minimum atomic E-state index is -0.0846. The predicted octanol–water partition coefficient (Wildman–Crippen LogP) is 1.46. The highest BCUT2D eigenvalue weighted by Gasteiger charge is 2.43. The fraction of sp³-hybridized carbons (Fsp3) is 0.278. The van der Waals surface area contributed by atoms with Crippen LogP contribution in [-0.4, -0.2) is 26.2 Å². The third kappa shape index (κ3) is 2.83. The predicted molar refractivity (Wildman–Crippen MR) is 80.9 cm³/mol. The molecule has 21 heavy (non-hydrogen) atoms. The molecule has 0 spiro atoms. The van der Waals surface area contributed by atoms with Crippen molar-refractivity contribution < 1.29 is 14.4 Å². The van der Waals surface area contributed by atoms with Crippen LogP contribution in [0.4, 0.5) is 0 Å². The zero-order valence-corrected chi connectivity index (χ0v) is 12.2. The van der Waals surface area contributed by atoms with Gasteiger partial charge in [0, 0.05) is 11.1 Å². The van der Waals surface area contributed by atoms with Crippen molar-refractivity contribution in [2.75, 3.05) is 20.2 Å². The SMILES string of the molecule is COC(=O)C1C[NH+](C(c2ccccc2)c2ccccc2)C1. The molecule has 1 aliphatic rings. The average molecular weight is 282 g/mol. The molecule has 0 amide bonds. The smallest absolute Gasteiger partial charge is 0.320 e. The maximum Gasteiger partial charge on any atom is 0.320 e. The van der Waals surface area contributed by atoms with Crippen molar-refractivity contribution in [3.8, 4) is 0 Å². The van der Waals surface area contributed by atoms with Gasteiger partial charge in [-0.2, -0.15) is 0 Å². The number of rotatable bonds is 4. The van der Waals surface area contributed by atoms with Crippen LogP contribution in [-0.2, 0) is 9.53 Å². The van der Waals surface area contributed by atoms with Crippen molar-refractivity contribution in [3.05, 3.63) is 71.8 Å². The summed E-state index contributed by atoms with van der Waals surface area (Å²) in [6, 6.07) is 21.3. The Balaban J connectivity index is 1.84. The molecule has 1 saturated heterocycles. The molecule has 0 bridgehead atoms. The highest BCUT2D eigenvalue weighted by atomic mass is 16.5. The van der Waals surface area contributed by atoms with E-state index in [1.165, 1.54) is 23.1 Å². The number of nitrogens with one attached hydrogen (secondary N) is 1. The molecule has 2 aromatic carbocycles. The van der Waals surface area contributed by atoms with Crippen molar-refractivity contribution in [3.63, 3.8) is 0 Å². The third-order valence-corrected chi connectivity index (χ3v) is 4.23. The first-order valence-electron chi connectivity index (χ1n) is 7.32. The number of benzene rings is 2. The fourth-order valence-electron chi connectivity index (χ4n) is 3.10. The Morgan fingerprint density at radius 3 is 1.90 bits per heavy atom. The molecule has 0 saturated carbocycles. The second kappa shape index (κ2) is 6.10. The van der Waals surface area contributed by atoms with E-state index >= 15 is 0 Å². The summed E-state index contributed by atoms with van der Waals surface area (Å²) in [6.45, 7) is 1.67. The molecule has 1 fully saturated rings. The van der Waals surface area contributed by atoms with Crippen LogP contribution in [0.5, 0.6) is 0 Å². The van der Waals surface area contributed by atoms with Gasteiger partial charge in [0.25, 0.3) is 0 Å². The second-order valence-corrected chi connectivity index (χ2v) is 5.54. The van der Waals surface area contributed by atoms with Gasteiger partial charge in [-0.15, -0.1) is 0 Å². The van der Waals surface area contributed by atoms with Gasteiger partial charge in [-0.3, -0.25) is 4.79 Å². The lowest BCUT2D eigenvalue weighted by Crippen LogP contribution is -3.20. The third-order valence-electron chi connectivity index (χ3n) is 4.23. The standard InChI is InChI=1S/C18H19NO2/c1-21-18(20)16-12-19(13-16)17(14-8-4-2-5-9-14)15-10-6-3-7-11-15/h2-11,16-17H,12-13H2,1H3/p+1. The molecule has 1 heterocycles. The lowest BCUT2D eigenvalue weighted by Gasteiger charge is -2.39. The van der Waals surface area contributed by atoms with Crippen LogP contribution >= 0.6 is 0 Å². The van der Waals surface area contributed by atoms with Gasteiger partial charge in [0.05, 0.1) is 20.2 Å². The van der Waals surface area contributed by atoms with Crippen LogP contribution in [0.25, 0.3) is 0 Å². The first-order valence-corrected chi connectivity index (χ1v) is 7.32. The van der Waals surface area contributed by atoms with E-state index in [2.05, 4.69) is 48.5 Å². The molecular weight excluding hydrogens is 262 g/mol. The first kappa shape index (κ1) is 13.8. The quantitative estimate of drug-likeness (QED) is 0.861. The monoisotopic (exact) mass is 282 g/mol. The minimum absolute atomic E-state index is 0.0416. The summed E-state index contributed by atoms with van der Waals surface area (Å²) in [5.41, 5.74) is 2.59. The molecule has 0 aromatic heterocycles. The van der Waals surface area contributed by atoms with Crippen molar-refractivity contribution in [1.82, 2.24) is 0 Å². The number of ether oxygens (including phenoxy) is 1. The van der Waals surface area contributed by atoms with E-state index in [9.17, 15) is 4.79 Å². The molecule has 3 rings (SSSR count). The van der Waals surface area contributed by atoms with E-state index in [0.29, 0.717) is 0 Å². The molecule has 0 unspecified atom stereocenters. The number of quaternary nitrogens is 1. The van der Waals surface area contributed by atoms with Crippen molar-refractivity contribution in [2.24, 2.45) is 5.92 Å². The summed E-state index contributed by atoms with van der Waals surface area (Å²) in [4.78, 5) is 13.0. The Kier molecular flexibility index (Phi) is 4.02. The summed E-state index contributed by atoms with van der Waals surface area (Å²) in [6.07, 6.45) is 0. The molecule has 3 nitrogen and oxygen atoms in total. The number of hydrogen-bond acceptors (Lipinski definition) is 2. The molecular formula is C18H20NO2+. The van der Waals surface area contributed by atoms with Crippen LogP contribution in [0.2, 0.25) is 0 Å². The topological polar surface area (TPSA) is 30.7 Å². The second-order valence-electron chi connectivity index (χ2n) is 5.54. The van der Waals surface area contributed by atoms with Crippen LogP contribution < -0.4 is 4.90 Å². The number of hydrogen-bond donors (Lipinski definition) is 1. The van der Waals surface area contributed by atoms with Gasteiger partial charge in [0.2, 0.25) is 0 Å². The number of methoxy groups -OCH3 is 1. The minimum Gasteiger partial charge on any atom is -0.468 e. The van der Waals surface area contributed by atoms with Crippen LogP contribution in [0.1, 0.15) is 17.2 Å². The van der Waals surface area contributed by atoms with Gasteiger partial charge in [0.1, 0.15) is 6.04 Å². The zero-order chi connectivity index (χ0) is 14.7. The van der Waals surface area contributed by atoms with E-state index in [1.54, 1.807) is 0 Å². The number of esters is 1. The van der Waals surface area contributed by atoms with E-state index in [1.807, 2.05) is 12.1 Å². The van der Waals surface area contributed by atoms with Gasteiger partial charge in [-0.05, 0) is 0 Å². The summed E-state index contributed by atoms with van der Waals surface area (Å²) < 4.78 is 4.84. The molecule has 2 aromatic rings. The average Bonchev–Trinajstić information content (AvgIpc) is 2.51. The van der Waals surface area contributed by atoms with E-state index < -0.39 is 0 Å². The molecule has 1 aliphatic heterocycles. The van der Waals surface area contributed by atoms with E-state index in [4.69, 9.17) is 4.74 Å². The first-order chi connectivity index (χ1) is 10.3. The Hall–Kier alpha value is -2.13. The van der Waals surface area contributed by atoms with Crippen molar-refractivity contribution >= 4 is 5.97 Å². The Morgan fingerprint density at radius 2 is 1.48 bits per heavy atom. The fourth-order valence-corrected chi connectivity index (χ4v) is 3.10. The van der Waals surface area contributed by atoms with Gasteiger partial charge < -0.3 is 9.64 Å². The Labute approximate surface area is 125 Å². The van der Waals surface area contributed by atoms with Crippen LogP contribution in [0.15, 0.2) is 60.7 Å². The van der Waals surface area contributed by atoms with E-state index in [-0.39, 0.29) is 17.9 Å². The Bertz CT molecular complexity index is 552. The largest absolute Gasteiger partial charge is 0.468 e. The number of likely N-dealkylation sites (tertiary alicyclic amines) is 1. The van der Waals surface area contributed by atoms with Gasteiger partial charge >= 0.3 is 5.97 Å². The highest BCUT2D eigenvalue weighted by Crippen LogP contribution is 2.21. The number of carbonyl (C=O) groups is 1. The maximum absolute atomic E-state index is 11.6. The molecule has 0 radical (unpaired) electrons. The zero-order valence-electron chi connectivity index (χ0n) is 12.2. The summed E-state index contributed by atoms with van der Waals surface area (Å²) in [5, 5.41) is 0. The van der Waals surface area contributed by atoms with Gasteiger partial charge in [-0.1, -0.05) is 60.7 Å². The van der Waals surface area contributed by atoms with Crippen molar-refractivity contribution in [2.45, 2.75) is 6.04 Å². The maximum atomic E-state index is 11.6. The van der Waals surface area contributed by atoms with Gasteiger partial charge in [0.15, 0.2) is 5.92 Å².